The number of halogens is 2. The Balaban J connectivity index is 1.75. The van der Waals surface area contributed by atoms with Crippen LogP contribution in [0.5, 0.6) is 0 Å². The van der Waals surface area contributed by atoms with Crippen molar-refractivity contribution in [2.75, 3.05) is 0 Å². The van der Waals surface area contributed by atoms with Crippen molar-refractivity contribution in [3.05, 3.63) is 86.0 Å². The molecule has 146 valence electrons. The Morgan fingerprint density at radius 3 is 2.79 bits per heavy atom. The van der Waals surface area contributed by atoms with Gasteiger partial charge in [0.1, 0.15) is 0 Å². The lowest BCUT2D eigenvalue weighted by Crippen LogP contribution is -2.37. The van der Waals surface area contributed by atoms with Crippen LogP contribution in [0.4, 0.5) is 8.78 Å². The average Bonchev–Trinajstić information content (AvgIpc) is 3.11. The number of allylic oxidation sites excluding steroid dienone is 1. The molecule has 7 nitrogen and oxygen atoms in total. The van der Waals surface area contributed by atoms with E-state index in [1.54, 1.807) is 6.92 Å². The first-order valence-electron chi connectivity index (χ1n) is 8.21. The highest BCUT2D eigenvalue weighted by atomic mass is 32.2. The number of nitrogens with zero attached hydrogens (tertiary/aromatic N) is 3. The van der Waals surface area contributed by atoms with Crippen molar-refractivity contribution in [3.63, 3.8) is 0 Å². The van der Waals surface area contributed by atoms with Crippen molar-refractivity contribution in [1.82, 2.24) is 19.7 Å². The minimum absolute atomic E-state index is 0.0529. The van der Waals surface area contributed by atoms with Gasteiger partial charge in [0.2, 0.25) is 5.89 Å². The first-order valence-corrected chi connectivity index (χ1v) is 9.20. The molecule has 0 radical (unpaired) electrons. The molecule has 3 rings (SSSR count). The summed E-state index contributed by atoms with van der Waals surface area (Å²) in [6, 6.07) is 3.62. The molecule has 0 aliphatic rings. The Hall–Kier alpha value is -3.01. The van der Waals surface area contributed by atoms with Crippen LogP contribution >= 0.6 is 11.8 Å². The van der Waals surface area contributed by atoms with E-state index in [-0.39, 0.29) is 24.1 Å². The van der Waals surface area contributed by atoms with E-state index in [0.29, 0.717) is 22.6 Å². The second kappa shape index (κ2) is 8.34. The van der Waals surface area contributed by atoms with Crippen molar-refractivity contribution >= 4 is 11.8 Å². The highest BCUT2D eigenvalue weighted by Crippen LogP contribution is 2.23. The van der Waals surface area contributed by atoms with Crippen LogP contribution in [0.2, 0.25) is 0 Å². The summed E-state index contributed by atoms with van der Waals surface area (Å²) in [6.45, 7) is 5.23. The SMILES string of the molecule is C=CCn1c(=O)[nH]c(C)c(Cc2nnc(SCc3ccc(F)c(F)c3)o2)c1=O. The van der Waals surface area contributed by atoms with Gasteiger partial charge in [-0.2, -0.15) is 0 Å². The predicted molar refractivity (Wildman–Crippen MR) is 99.3 cm³/mol. The molecule has 10 heteroatoms. The van der Waals surface area contributed by atoms with Gasteiger partial charge in [0.25, 0.3) is 10.8 Å². The summed E-state index contributed by atoms with van der Waals surface area (Å²) in [6.07, 6.45) is 1.51. The van der Waals surface area contributed by atoms with Gasteiger partial charge in [-0.15, -0.1) is 16.8 Å². The number of benzene rings is 1. The largest absolute Gasteiger partial charge is 0.416 e. The standard InChI is InChI=1S/C18H16F2N4O3S/c1-3-6-24-16(25)12(10(2)21-17(24)26)8-15-22-23-18(27-15)28-9-11-4-5-13(19)14(20)7-11/h3-5,7H,1,6,8-9H2,2H3,(H,21,26). The predicted octanol–water partition coefficient (Wildman–Crippen LogP) is 2.58. The van der Waals surface area contributed by atoms with E-state index < -0.39 is 22.9 Å². The minimum Gasteiger partial charge on any atom is -0.416 e. The zero-order valence-electron chi connectivity index (χ0n) is 14.9. The summed E-state index contributed by atoms with van der Waals surface area (Å²) in [5.74, 6) is -1.33. The lowest BCUT2D eigenvalue weighted by molar-refractivity contribution is 0.419. The molecule has 28 heavy (non-hydrogen) atoms. The van der Waals surface area contributed by atoms with Crippen LogP contribution in [0.25, 0.3) is 0 Å². The van der Waals surface area contributed by atoms with E-state index >= 15 is 0 Å². The monoisotopic (exact) mass is 406 g/mol. The van der Waals surface area contributed by atoms with Gasteiger partial charge in [0.15, 0.2) is 11.6 Å². The van der Waals surface area contributed by atoms with Crippen molar-refractivity contribution in [2.45, 2.75) is 30.9 Å². The summed E-state index contributed by atoms with van der Waals surface area (Å²) in [4.78, 5) is 27.0. The van der Waals surface area contributed by atoms with Crippen molar-refractivity contribution in [3.8, 4) is 0 Å². The van der Waals surface area contributed by atoms with Crippen LogP contribution < -0.4 is 11.2 Å². The molecule has 2 heterocycles. The van der Waals surface area contributed by atoms with Gasteiger partial charge in [-0.3, -0.25) is 9.36 Å². The third kappa shape index (κ3) is 4.28. The molecule has 0 aliphatic carbocycles. The van der Waals surface area contributed by atoms with Gasteiger partial charge in [0.05, 0.1) is 6.42 Å². The van der Waals surface area contributed by atoms with Crippen LogP contribution in [-0.2, 0) is 18.7 Å². The highest BCUT2D eigenvalue weighted by molar-refractivity contribution is 7.98. The van der Waals surface area contributed by atoms with Gasteiger partial charge in [0, 0.05) is 23.6 Å². The summed E-state index contributed by atoms with van der Waals surface area (Å²) >= 11 is 1.16. The maximum Gasteiger partial charge on any atom is 0.328 e. The van der Waals surface area contributed by atoms with E-state index in [9.17, 15) is 18.4 Å². The molecule has 2 aromatic heterocycles. The van der Waals surface area contributed by atoms with Crippen LogP contribution in [0.1, 0.15) is 22.7 Å². The first kappa shape index (κ1) is 19.7. The van der Waals surface area contributed by atoms with Gasteiger partial charge in [-0.05, 0) is 24.6 Å². The van der Waals surface area contributed by atoms with Gasteiger partial charge in [-0.1, -0.05) is 23.9 Å². The molecular weight excluding hydrogens is 390 g/mol. The summed E-state index contributed by atoms with van der Waals surface area (Å²) in [5, 5.41) is 8.02. The number of rotatable bonds is 7. The van der Waals surface area contributed by atoms with Crippen LogP contribution in [-0.4, -0.2) is 19.7 Å². The molecule has 0 unspecified atom stereocenters. The molecule has 0 saturated heterocycles. The van der Waals surface area contributed by atoms with Gasteiger partial charge >= 0.3 is 5.69 Å². The summed E-state index contributed by atoms with van der Waals surface area (Å²) in [7, 11) is 0. The zero-order chi connectivity index (χ0) is 20.3. The molecule has 3 aromatic rings. The molecule has 0 bridgehead atoms. The van der Waals surface area contributed by atoms with Crippen LogP contribution in [0.15, 0.2) is 50.1 Å². The number of aryl methyl sites for hydroxylation is 1. The molecule has 1 aromatic carbocycles. The average molecular weight is 406 g/mol. The van der Waals surface area contributed by atoms with Gasteiger partial charge in [-0.25, -0.2) is 13.6 Å². The maximum absolute atomic E-state index is 13.2. The zero-order valence-corrected chi connectivity index (χ0v) is 15.7. The molecule has 0 fully saturated rings. The summed E-state index contributed by atoms with van der Waals surface area (Å²) < 4.78 is 32.8. The second-order valence-corrected chi connectivity index (χ2v) is 6.84. The lowest BCUT2D eigenvalue weighted by atomic mass is 10.1. The van der Waals surface area contributed by atoms with E-state index in [4.69, 9.17) is 4.42 Å². The Morgan fingerprint density at radius 2 is 2.07 bits per heavy atom. The van der Waals surface area contributed by atoms with E-state index in [1.807, 2.05) is 0 Å². The lowest BCUT2D eigenvalue weighted by Gasteiger charge is -2.06. The second-order valence-electron chi connectivity index (χ2n) is 5.91. The Kier molecular flexibility index (Phi) is 5.88. The van der Waals surface area contributed by atoms with E-state index in [2.05, 4.69) is 21.8 Å². The number of aromatic nitrogens is 4. The number of H-pyrrole nitrogens is 1. The summed E-state index contributed by atoms with van der Waals surface area (Å²) in [5.41, 5.74) is 0.356. The molecule has 0 aliphatic heterocycles. The number of aromatic amines is 1. The number of thioether (sulfide) groups is 1. The Morgan fingerprint density at radius 1 is 1.29 bits per heavy atom. The molecular formula is C18H16F2N4O3S. The highest BCUT2D eigenvalue weighted by Gasteiger charge is 2.15. The van der Waals surface area contributed by atoms with E-state index in [1.165, 1.54) is 12.1 Å². The first-order chi connectivity index (χ1) is 13.4. The molecule has 0 atom stereocenters. The van der Waals surface area contributed by atoms with Crippen LogP contribution in [0, 0.1) is 18.6 Å². The van der Waals surface area contributed by atoms with Crippen molar-refractivity contribution in [1.29, 1.82) is 0 Å². The smallest absolute Gasteiger partial charge is 0.328 e. The Bertz CT molecular complexity index is 1140. The topological polar surface area (TPSA) is 93.8 Å². The maximum atomic E-state index is 13.2. The van der Waals surface area contributed by atoms with Gasteiger partial charge < -0.3 is 9.40 Å². The number of hydrogen-bond acceptors (Lipinski definition) is 6. The third-order valence-corrected chi connectivity index (χ3v) is 4.82. The number of nitrogens with one attached hydrogen (secondary N) is 1. The van der Waals surface area contributed by atoms with Crippen LogP contribution in [0.3, 0.4) is 0 Å². The Labute approximate surface area is 162 Å². The number of hydrogen-bond donors (Lipinski definition) is 1. The molecule has 0 saturated carbocycles. The van der Waals surface area contributed by atoms with Crippen molar-refractivity contribution in [2.24, 2.45) is 0 Å². The molecule has 0 spiro atoms. The third-order valence-electron chi connectivity index (χ3n) is 3.93. The fourth-order valence-electron chi connectivity index (χ4n) is 2.52. The quantitative estimate of drug-likeness (QED) is 0.479. The minimum atomic E-state index is -0.923. The molecule has 1 N–H and O–H groups in total. The molecule has 0 amide bonds. The fourth-order valence-corrected chi connectivity index (χ4v) is 3.24. The van der Waals surface area contributed by atoms with Crippen molar-refractivity contribution < 1.29 is 13.2 Å². The fraction of sp³-hybridized carbons (Fsp3) is 0.222. The normalized spacial score (nSPS) is 11.0. The van der Waals surface area contributed by atoms with E-state index in [0.717, 1.165) is 28.5 Å².